The van der Waals surface area contributed by atoms with E-state index in [4.69, 9.17) is 33.7 Å². The molecule has 2 unspecified atom stereocenters. The standard InChI is InChI=1S/C58H57N5O10S/c1-34(64)38-15-13-35(14-16-38)31-61-55(65)28-54(58(61)68)74-18-8-17-71-43-20-36(32-72-52-26-46-44(24-50(52)69-2)56(66)62-41(29-59-46)22-39-9-4-6-11-48(39)62)19-37(21-43)33-73-53-27-47-45(25-51(53)70-3)57(67)63-42(30-60-47)23-40-10-5-7-12-49(40)63/h4-7,9-12,19-21,24-30,35,38,41-42,65,68H,8,13-18,22-23,31-33H2,1-3H3. The third-order valence-corrected chi connectivity index (χ3v) is 15.9. The van der Waals surface area contributed by atoms with Crippen LogP contribution in [0.4, 0.5) is 22.7 Å². The number of amides is 2. The number of para-hydroxylation sites is 2. The number of aliphatic imine (C=N–C) groups is 2. The summed E-state index contributed by atoms with van der Waals surface area (Å²) in [5, 5.41) is 21.9. The van der Waals surface area contributed by atoms with E-state index in [9.17, 15) is 24.6 Å². The number of ketones is 1. The smallest absolute Gasteiger partial charge is 0.261 e. The minimum Gasteiger partial charge on any atom is -0.494 e. The number of carbonyl (C=O) groups is 3. The first-order valence-corrected chi connectivity index (χ1v) is 26.1. The molecule has 380 valence electrons. The Balaban J connectivity index is 0.802. The van der Waals surface area contributed by atoms with Gasteiger partial charge >= 0.3 is 0 Å². The van der Waals surface area contributed by atoms with E-state index < -0.39 is 0 Å². The minimum absolute atomic E-state index is 0.0242. The topological polar surface area (TPSA) is 174 Å². The first-order valence-electron chi connectivity index (χ1n) is 25.1. The van der Waals surface area contributed by atoms with Gasteiger partial charge in [-0.15, -0.1) is 11.8 Å². The van der Waals surface area contributed by atoms with Crippen molar-refractivity contribution in [2.45, 2.75) is 88.6 Å². The summed E-state index contributed by atoms with van der Waals surface area (Å²) < 4.78 is 32.5. The number of carbonyl (C=O) groups excluding carboxylic acids is 3. The molecule has 74 heavy (non-hydrogen) atoms. The van der Waals surface area contributed by atoms with E-state index in [0.29, 0.717) is 94.3 Å². The molecule has 2 amide bonds. The molecule has 0 bridgehead atoms. The summed E-state index contributed by atoms with van der Waals surface area (Å²) in [5.41, 5.74) is 7.30. The molecule has 15 nitrogen and oxygen atoms in total. The maximum atomic E-state index is 14.1. The minimum atomic E-state index is -0.204. The number of anilines is 2. The lowest BCUT2D eigenvalue weighted by molar-refractivity contribution is -0.121. The zero-order chi connectivity index (χ0) is 51.0. The second kappa shape index (κ2) is 20.7. The number of benzene rings is 5. The van der Waals surface area contributed by atoms with Gasteiger partial charge in [0.2, 0.25) is 5.88 Å². The van der Waals surface area contributed by atoms with Crippen LogP contribution in [0.2, 0.25) is 0 Å². The number of hydrogen-bond acceptors (Lipinski definition) is 13. The highest BCUT2D eigenvalue weighted by Crippen LogP contribution is 2.44. The number of aromatic hydroxyl groups is 2. The fourth-order valence-electron chi connectivity index (χ4n) is 10.9. The van der Waals surface area contributed by atoms with Crippen molar-refractivity contribution in [1.29, 1.82) is 0 Å². The Hall–Kier alpha value is -7.72. The Labute approximate surface area is 433 Å². The van der Waals surface area contributed by atoms with Crippen molar-refractivity contribution >= 4 is 64.5 Å². The third-order valence-electron chi connectivity index (χ3n) is 14.8. The number of hydrogen-bond donors (Lipinski definition) is 2. The molecular weight excluding hydrogens is 959 g/mol. The van der Waals surface area contributed by atoms with E-state index in [2.05, 4.69) is 0 Å². The SMILES string of the molecule is COc1cc2c(cc1OCc1cc(COc3cc4c(cc3OC)C(=O)N3c5ccccc5CC3C=N4)cc(OCCCSc3cc(O)n(CC4CCC(C(C)=O)CC4)c3O)c1)N=CC1Cc3ccccc3N1C2=O. The van der Waals surface area contributed by atoms with Gasteiger partial charge in [0.1, 0.15) is 24.7 Å². The molecule has 5 heterocycles. The lowest BCUT2D eigenvalue weighted by Crippen LogP contribution is -2.37. The van der Waals surface area contributed by atoms with Gasteiger partial charge in [0.25, 0.3) is 11.8 Å². The van der Waals surface area contributed by atoms with Gasteiger partial charge in [-0.2, -0.15) is 0 Å². The number of fused-ring (bicyclic) bond motifs is 8. The van der Waals surface area contributed by atoms with Crippen LogP contribution in [0, 0.1) is 11.8 Å². The van der Waals surface area contributed by atoms with Gasteiger partial charge in [0.05, 0.1) is 60.3 Å². The van der Waals surface area contributed by atoms with Gasteiger partial charge in [0, 0.05) is 73.1 Å². The first-order chi connectivity index (χ1) is 36.0. The molecule has 1 aromatic heterocycles. The predicted molar refractivity (Wildman–Crippen MR) is 284 cm³/mol. The molecule has 11 rings (SSSR count). The molecule has 5 aliphatic rings. The van der Waals surface area contributed by atoms with Gasteiger partial charge in [-0.1, -0.05) is 36.4 Å². The molecule has 5 aromatic carbocycles. The summed E-state index contributed by atoms with van der Waals surface area (Å²) in [5.74, 6) is 3.17. The fourth-order valence-corrected chi connectivity index (χ4v) is 11.8. The highest BCUT2D eigenvalue weighted by molar-refractivity contribution is 7.99. The van der Waals surface area contributed by atoms with Crippen molar-refractivity contribution in [3.8, 4) is 40.5 Å². The van der Waals surface area contributed by atoms with E-state index >= 15 is 0 Å². The normalized spacial score (nSPS) is 19.1. The number of aromatic nitrogens is 1. The largest absolute Gasteiger partial charge is 0.494 e. The van der Waals surface area contributed by atoms with Crippen LogP contribution in [-0.4, -0.2) is 83.5 Å². The highest BCUT2D eigenvalue weighted by Gasteiger charge is 2.38. The molecule has 0 spiro atoms. The molecule has 1 fully saturated rings. The average Bonchev–Trinajstić information content (AvgIpc) is 4.01. The maximum absolute atomic E-state index is 14.1. The first kappa shape index (κ1) is 48.5. The number of ether oxygens (including phenoxy) is 5. The third kappa shape index (κ3) is 9.54. The van der Waals surface area contributed by atoms with Gasteiger partial charge in [-0.25, -0.2) is 0 Å². The van der Waals surface area contributed by atoms with E-state index in [0.717, 1.165) is 59.3 Å². The quantitative estimate of drug-likeness (QED) is 0.0657. The summed E-state index contributed by atoms with van der Waals surface area (Å²) in [6, 6.07) is 29.7. The Morgan fingerprint density at radius 1 is 0.676 bits per heavy atom. The number of thioether (sulfide) groups is 1. The Bertz CT molecular complexity index is 3070. The molecule has 1 saturated carbocycles. The second-order valence-corrected chi connectivity index (χ2v) is 20.6. The van der Waals surface area contributed by atoms with Crippen LogP contribution >= 0.6 is 11.8 Å². The van der Waals surface area contributed by atoms with Crippen LogP contribution in [0.15, 0.2) is 112 Å². The molecular formula is C58H57N5O10S. The van der Waals surface area contributed by atoms with E-state index in [1.165, 1.54) is 11.8 Å². The lowest BCUT2D eigenvalue weighted by Gasteiger charge is -2.27. The number of nitrogens with zero attached hydrogens (tertiary/aromatic N) is 5. The Morgan fingerprint density at radius 2 is 1.22 bits per heavy atom. The second-order valence-electron chi connectivity index (χ2n) is 19.5. The Kier molecular flexibility index (Phi) is 13.5. The van der Waals surface area contributed by atoms with E-state index in [1.54, 1.807) is 65.8 Å². The van der Waals surface area contributed by atoms with Gasteiger partial charge in [-0.3, -0.25) is 38.7 Å². The lowest BCUT2D eigenvalue weighted by atomic mass is 9.80. The predicted octanol–water partition coefficient (Wildman–Crippen LogP) is 10.6. The molecule has 1 aliphatic carbocycles. The van der Waals surface area contributed by atoms with Crippen LogP contribution < -0.4 is 33.5 Å². The molecule has 6 aromatic rings. The zero-order valence-electron chi connectivity index (χ0n) is 41.5. The monoisotopic (exact) mass is 1020 g/mol. The molecule has 2 N–H and O–H groups in total. The number of Topliss-reactive ketones (excluding diaryl/α,β-unsaturated/α-hetero) is 1. The maximum Gasteiger partial charge on any atom is 0.261 e. The molecule has 0 radical (unpaired) electrons. The average molecular weight is 1020 g/mol. The summed E-state index contributed by atoms with van der Waals surface area (Å²) in [7, 11) is 3.08. The number of rotatable bonds is 17. The van der Waals surface area contributed by atoms with E-state index in [1.807, 2.05) is 79.2 Å². The molecule has 4 aliphatic heterocycles. The Morgan fingerprint density at radius 3 is 1.74 bits per heavy atom. The van der Waals surface area contributed by atoms with Crippen molar-refractivity contribution in [3.63, 3.8) is 0 Å². The van der Waals surface area contributed by atoms with Crippen molar-refractivity contribution in [3.05, 3.63) is 130 Å². The van der Waals surface area contributed by atoms with E-state index in [-0.39, 0.29) is 66.5 Å². The van der Waals surface area contributed by atoms with Crippen molar-refractivity contribution in [2.75, 3.05) is 36.4 Å². The number of methoxy groups -OCH3 is 2. The van der Waals surface area contributed by atoms with Gasteiger partial charge in [0.15, 0.2) is 28.9 Å². The van der Waals surface area contributed by atoms with Crippen LogP contribution in [0.1, 0.15) is 82.0 Å². The van der Waals surface area contributed by atoms with Gasteiger partial charge in [-0.05, 0) is 110 Å². The zero-order valence-corrected chi connectivity index (χ0v) is 42.3. The van der Waals surface area contributed by atoms with Crippen LogP contribution in [0.3, 0.4) is 0 Å². The highest BCUT2D eigenvalue weighted by atomic mass is 32.2. The fraction of sp³-hybridized carbons (Fsp3) is 0.328. The van der Waals surface area contributed by atoms with Crippen molar-refractivity contribution in [1.82, 2.24) is 4.57 Å². The molecule has 16 heteroatoms. The van der Waals surface area contributed by atoms with Gasteiger partial charge < -0.3 is 33.9 Å². The van der Waals surface area contributed by atoms with Crippen molar-refractivity contribution in [2.24, 2.45) is 21.8 Å². The summed E-state index contributed by atoms with van der Waals surface area (Å²) in [4.78, 5) is 53.8. The summed E-state index contributed by atoms with van der Waals surface area (Å²) >= 11 is 1.45. The van der Waals surface area contributed by atoms with Crippen LogP contribution in [0.5, 0.6) is 40.5 Å². The summed E-state index contributed by atoms with van der Waals surface area (Å²) in [6.45, 7) is 2.72. The van der Waals surface area contributed by atoms with Crippen LogP contribution in [0.25, 0.3) is 0 Å². The molecule has 0 saturated heterocycles. The molecule has 2 atom stereocenters. The van der Waals surface area contributed by atoms with Crippen molar-refractivity contribution < 1.29 is 48.3 Å². The van der Waals surface area contributed by atoms with Crippen LogP contribution in [-0.2, 0) is 37.4 Å². The summed E-state index contributed by atoms with van der Waals surface area (Å²) in [6.07, 6.45) is 9.07.